The number of rotatable bonds is 4. The lowest BCUT2D eigenvalue weighted by Gasteiger charge is -2.26. The third-order valence-corrected chi connectivity index (χ3v) is 3.20. The van der Waals surface area contributed by atoms with Gasteiger partial charge in [-0.2, -0.15) is 8.46 Å². The van der Waals surface area contributed by atoms with E-state index >= 15 is 0 Å². The molecule has 0 saturated carbocycles. The van der Waals surface area contributed by atoms with Crippen LogP contribution in [-0.4, -0.2) is 42.2 Å². The van der Waals surface area contributed by atoms with Crippen LogP contribution in [0.1, 0.15) is 13.8 Å². The molecule has 0 spiro atoms. The van der Waals surface area contributed by atoms with E-state index in [-0.39, 0.29) is 5.91 Å². The van der Waals surface area contributed by atoms with Crippen LogP contribution in [0, 0.1) is 0 Å². The van der Waals surface area contributed by atoms with E-state index in [9.17, 15) is 4.79 Å². The zero-order valence-corrected chi connectivity index (χ0v) is 10.7. The average molecular weight is 256 g/mol. The summed E-state index contributed by atoms with van der Waals surface area (Å²) in [5.74, 6) is 0.908. The SMILES string of the molecule is CCN(CC)C(=O)CS(C)(C)Br. The van der Waals surface area contributed by atoms with Gasteiger partial charge in [-0.15, -0.1) is 0 Å². The third-order valence-electron chi connectivity index (χ3n) is 1.58. The minimum Gasteiger partial charge on any atom is -0.343 e. The van der Waals surface area contributed by atoms with Crippen LogP contribution < -0.4 is 0 Å². The van der Waals surface area contributed by atoms with Crippen molar-refractivity contribution >= 4 is 29.2 Å². The minimum atomic E-state index is -0.867. The first-order valence-corrected chi connectivity index (χ1v) is 8.55. The number of halogens is 1. The standard InChI is InChI=1S/C8H18BrNOS/c1-5-10(6-2)8(11)7-12(3,4)9/h5-7H2,1-4H3. The van der Waals surface area contributed by atoms with E-state index in [0.717, 1.165) is 13.1 Å². The Hall–Kier alpha value is 0.300. The van der Waals surface area contributed by atoms with Crippen molar-refractivity contribution in [3.05, 3.63) is 0 Å². The Morgan fingerprint density at radius 2 is 1.75 bits per heavy atom. The Morgan fingerprint density at radius 1 is 1.33 bits per heavy atom. The fourth-order valence-corrected chi connectivity index (χ4v) is 2.32. The molecule has 4 heteroatoms. The summed E-state index contributed by atoms with van der Waals surface area (Å²) < 4.78 is 0. The first-order chi connectivity index (χ1) is 5.40. The molecule has 0 aromatic carbocycles. The molecule has 0 bridgehead atoms. The van der Waals surface area contributed by atoms with Crippen molar-refractivity contribution in [1.82, 2.24) is 4.90 Å². The molecule has 0 saturated heterocycles. The molecule has 0 atom stereocenters. The van der Waals surface area contributed by atoms with E-state index in [0.29, 0.717) is 5.75 Å². The van der Waals surface area contributed by atoms with Gasteiger partial charge >= 0.3 is 0 Å². The first kappa shape index (κ1) is 12.3. The van der Waals surface area contributed by atoms with Crippen molar-refractivity contribution in [3.8, 4) is 0 Å². The molecule has 74 valence electrons. The summed E-state index contributed by atoms with van der Waals surface area (Å²) in [7, 11) is -0.867. The molecule has 2 nitrogen and oxygen atoms in total. The van der Waals surface area contributed by atoms with Crippen LogP contribution in [0.2, 0.25) is 0 Å². The maximum absolute atomic E-state index is 11.5. The highest BCUT2D eigenvalue weighted by Crippen LogP contribution is 2.47. The zero-order chi connectivity index (χ0) is 9.78. The van der Waals surface area contributed by atoms with Gasteiger partial charge in [-0.1, -0.05) is 0 Å². The fourth-order valence-electron chi connectivity index (χ4n) is 0.961. The van der Waals surface area contributed by atoms with Gasteiger partial charge in [0, 0.05) is 13.1 Å². The van der Waals surface area contributed by atoms with E-state index in [1.807, 2.05) is 18.7 Å². The van der Waals surface area contributed by atoms with Gasteiger partial charge in [-0.3, -0.25) is 4.79 Å². The zero-order valence-electron chi connectivity index (χ0n) is 8.26. The van der Waals surface area contributed by atoms with Crippen LogP contribution in [0.25, 0.3) is 0 Å². The molecule has 0 heterocycles. The Labute approximate surface area is 84.2 Å². The largest absolute Gasteiger partial charge is 0.343 e. The summed E-state index contributed by atoms with van der Waals surface area (Å²) in [6, 6.07) is 0. The summed E-state index contributed by atoms with van der Waals surface area (Å²) in [4.78, 5) is 13.4. The highest BCUT2D eigenvalue weighted by atomic mass is 79.9. The number of carbonyl (C=O) groups excluding carboxylic acids is 1. The molecule has 0 aromatic rings. The molecule has 0 fully saturated rings. The summed E-state index contributed by atoms with van der Waals surface area (Å²) in [6.45, 7) is 5.66. The van der Waals surface area contributed by atoms with E-state index in [4.69, 9.17) is 0 Å². The van der Waals surface area contributed by atoms with Gasteiger partial charge in [0.15, 0.2) is 0 Å². The molecule has 0 aliphatic heterocycles. The van der Waals surface area contributed by atoms with Crippen LogP contribution in [0.5, 0.6) is 0 Å². The van der Waals surface area contributed by atoms with Gasteiger partial charge < -0.3 is 4.90 Å². The molecule has 0 aliphatic carbocycles. The van der Waals surface area contributed by atoms with Crippen LogP contribution in [0.3, 0.4) is 0 Å². The first-order valence-electron chi connectivity index (χ1n) is 4.09. The highest BCUT2D eigenvalue weighted by Gasteiger charge is 2.16. The molecule has 1 amide bonds. The van der Waals surface area contributed by atoms with Crippen LogP contribution in [0.15, 0.2) is 0 Å². The molecule has 0 aliphatic rings. The molecule has 0 radical (unpaired) electrons. The van der Waals surface area contributed by atoms with Crippen LogP contribution in [0.4, 0.5) is 0 Å². The number of carbonyl (C=O) groups is 1. The summed E-state index contributed by atoms with van der Waals surface area (Å²) in [5, 5.41) is 0. The van der Waals surface area contributed by atoms with Crippen molar-refractivity contribution in [1.29, 1.82) is 0 Å². The second-order valence-electron chi connectivity index (χ2n) is 3.11. The molecule has 0 unspecified atom stereocenters. The fraction of sp³-hybridized carbons (Fsp3) is 0.875. The number of nitrogens with zero attached hydrogens (tertiary/aromatic N) is 1. The highest BCUT2D eigenvalue weighted by molar-refractivity contribution is 9.58. The van der Waals surface area contributed by atoms with Crippen LogP contribution in [-0.2, 0) is 4.79 Å². The van der Waals surface area contributed by atoms with Crippen molar-refractivity contribution in [3.63, 3.8) is 0 Å². The Balaban J connectivity index is 4.02. The van der Waals surface area contributed by atoms with Gasteiger partial charge in [0.1, 0.15) is 0 Å². The van der Waals surface area contributed by atoms with E-state index in [1.54, 1.807) is 0 Å². The summed E-state index contributed by atoms with van der Waals surface area (Å²) in [5.41, 5.74) is 0. The molecular weight excluding hydrogens is 238 g/mol. The topological polar surface area (TPSA) is 20.3 Å². The molecule has 12 heavy (non-hydrogen) atoms. The lowest BCUT2D eigenvalue weighted by molar-refractivity contribution is -0.127. The molecule has 0 N–H and O–H groups in total. The second kappa shape index (κ2) is 5.12. The van der Waals surface area contributed by atoms with Gasteiger partial charge in [0.25, 0.3) is 0 Å². The Morgan fingerprint density at radius 3 is 2.00 bits per heavy atom. The molecular formula is C8H18BrNOS. The smallest absolute Gasteiger partial charge is 0.231 e. The predicted octanol–water partition coefficient (Wildman–Crippen LogP) is 2.23. The van der Waals surface area contributed by atoms with Gasteiger partial charge in [-0.25, -0.2) is 0 Å². The Bertz CT molecular complexity index is 152. The van der Waals surface area contributed by atoms with Crippen molar-refractivity contribution in [2.24, 2.45) is 0 Å². The van der Waals surface area contributed by atoms with Crippen molar-refractivity contribution in [2.75, 3.05) is 31.4 Å². The van der Waals surface area contributed by atoms with Crippen LogP contribution >= 0.6 is 23.3 Å². The predicted molar refractivity (Wildman–Crippen MR) is 61.2 cm³/mol. The van der Waals surface area contributed by atoms with E-state index < -0.39 is 8.46 Å². The average Bonchev–Trinajstić information content (AvgIpc) is 1.85. The van der Waals surface area contributed by atoms with E-state index in [1.165, 1.54) is 0 Å². The molecule has 0 rings (SSSR count). The second-order valence-corrected chi connectivity index (χ2v) is 11.5. The van der Waals surface area contributed by atoms with Gasteiger partial charge in [0.05, 0.1) is 5.75 Å². The Kier molecular flexibility index (Phi) is 5.25. The summed E-state index contributed by atoms with van der Waals surface area (Å²) >= 11 is 3.54. The molecule has 0 aromatic heterocycles. The quantitative estimate of drug-likeness (QED) is 0.755. The van der Waals surface area contributed by atoms with Crippen molar-refractivity contribution < 1.29 is 4.79 Å². The normalized spacial score (nSPS) is 12.8. The number of hydrogen-bond donors (Lipinski definition) is 0. The third kappa shape index (κ3) is 5.04. The summed E-state index contributed by atoms with van der Waals surface area (Å²) in [6.07, 6.45) is 4.18. The number of amides is 1. The van der Waals surface area contributed by atoms with Gasteiger partial charge in [0.2, 0.25) is 5.91 Å². The maximum Gasteiger partial charge on any atom is 0.231 e. The van der Waals surface area contributed by atoms with Gasteiger partial charge in [-0.05, 0) is 41.2 Å². The van der Waals surface area contributed by atoms with Crippen molar-refractivity contribution in [2.45, 2.75) is 13.8 Å². The monoisotopic (exact) mass is 255 g/mol. The lowest BCUT2D eigenvalue weighted by atomic mass is 10.5. The minimum absolute atomic E-state index is 0.261. The number of hydrogen-bond acceptors (Lipinski definition) is 1. The maximum atomic E-state index is 11.5. The lowest BCUT2D eigenvalue weighted by Crippen LogP contribution is -2.33. The van der Waals surface area contributed by atoms with E-state index in [2.05, 4.69) is 27.3 Å².